The zero-order valence-corrected chi connectivity index (χ0v) is 19.3. The molecule has 0 aliphatic heterocycles. The number of nitrogens with one attached hydrogen (secondary N) is 1. The summed E-state index contributed by atoms with van der Waals surface area (Å²) in [5.74, 6) is 0.492. The van der Waals surface area contributed by atoms with Crippen molar-refractivity contribution >= 4 is 26.4 Å². The second-order valence-electron chi connectivity index (χ2n) is 8.12. The number of aryl methyl sites for hydroxylation is 2. The number of nitrogens with zero attached hydrogens (tertiary/aromatic N) is 4. The van der Waals surface area contributed by atoms with Gasteiger partial charge in [-0.05, 0) is 38.0 Å². The fourth-order valence-corrected chi connectivity index (χ4v) is 5.56. The molecular weight excluding hydrogens is 434 g/mol. The Morgan fingerprint density at radius 2 is 1.58 bits per heavy atom. The first-order chi connectivity index (χ1) is 15.8. The van der Waals surface area contributed by atoms with E-state index in [1.165, 1.54) is 0 Å². The highest BCUT2D eigenvalue weighted by molar-refractivity contribution is 7.89. The number of hydrogen-bond donors (Lipinski definition) is 1. The molecule has 2 aromatic heterocycles. The van der Waals surface area contributed by atoms with Crippen molar-refractivity contribution < 1.29 is 8.42 Å². The third kappa shape index (κ3) is 3.77. The van der Waals surface area contributed by atoms with E-state index < -0.39 is 10.0 Å². The Morgan fingerprint density at radius 1 is 0.879 bits per heavy atom. The molecule has 1 unspecified atom stereocenters. The summed E-state index contributed by atoms with van der Waals surface area (Å²) in [6.45, 7) is 5.55. The first-order valence-corrected chi connectivity index (χ1v) is 12.1. The van der Waals surface area contributed by atoms with Crippen molar-refractivity contribution in [2.75, 3.05) is 0 Å². The van der Waals surface area contributed by atoms with E-state index in [0.717, 1.165) is 22.0 Å². The highest BCUT2D eigenvalue weighted by Crippen LogP contribution is 2.28. The molecule has 1 N–H and O–H groups in total. The number of hydrogen-bond acceptors (Lipinski definition) is 5. The van der Waals surface area contributed by atoms with Gasteiger partial charge in [0.25, 0.3) is 0 Å². The Bertz CT molecular complexity index is 1590. The average molecular weight is 458 g/mol. The highest BCUT2D eigenvalue weighted by Gasteiger charge is 2.22. The molecule has 0 fully saturated rings. The monoisotopic (exact) mass is 457 g/mol. The van der Waals surface area contributed by atoms with Gasteiger partial charge in [0, 0.05) is 22.4 Å². The van der Waals surface area contributed by atoms with Crippen LogP contribution in [-0.2, 0) is 10.0 Å². The zero-order valence-electron chi connectivity index (χ0n) is 18.5. The summed E-state index contributed by atoms with van der Waals surface area (Å²) in [6, 6.07) is 22.3. The lowest BCUT2D eigenvalue weighted by molar-refractivity contribution is 0.566. The number of benzene rings is 3. The van der Waals surface area contributed by atoms with Crippen molar-refractivity contribution in [2.24, 2.45) is 0 Å². The number of aromatic nitrogens is 4. The molecule has 0 aliphatic carbocycles. The number of fused-ring (bicyclic) bond motifs is 3. The van der Waals surface area contributed by atoms with Gasteiger partial charge in [0.15, 0.2) is 11.5 Å². The Kier molecular flexibility index (Phi) is 5.19. The van der Waals surface area contributed by atoms with Gasteiger partial charge in [-0.3, -0.25) is 0 Å². The van der Waals surface area contributed by atoms with Crippen LogP contribution >= 0.6 is 0 Å². The lowest BCUT2D eigenvalue weighted by atomic mass is 10.1. The van der Waals surface area contributed by atoms with Crippen LogP contribution in [0.3, 0.4) is 0 Å². The van der Waals surface area contributed by atoms with Crippen molar-refractivity contribution in [3.05, 3.63) is 89.6 Å². The van der Waals surface area contributed by atoms with Crippen molar-refractivity contribution in [2.45, 2.75) is 31.7 Å². The standard InChI is InChI=1S/C25H23N5O2S/c1-16-13-14-20(15-23(16)33(31,32)29-17(2)19-9-5-4-6-10-19)24-26-27-25-22-12-8-7-11-21(22)18(3)28-30(24)25/h4-15,17,29H,1-3H3. The minimum Gasteiger partial charge on any atom is -0.207 e. The van der Waals surface area contributed by atoms with Gasteiger partial charge in [0.2, 0.25) is 10.0 Å². The van der Waals surface area contributed by atoms with E-state index in [1.54, 1.807) is 23.6 Å². The van der Waals surface area contributed by atoms with Crippen LogP contribution in [0.15, 0.2) is 77.7 Å². The fourth-order valence-electron chi connectivity index (χ4n) is 4.05. The Labute approximate surface area is 192 Å². The Hall–Kier alpha value is -3.62. The van der Waals surface area contributed by atoms with Gasteiger partial charge in [-0.25, -0.2) is 13.1 Å². The normalized spacial score (nSPS) is 12.9. The lowest BCUT2D eigenvalue weighted by Gasteiger charge is -2.16. The number of sulfonamides is 1. The smallest absolute Gasteiger partial charge is 0.207 e. The van der Waals surface area contributed by atoms with Crippen LogP contribution in [0, 0.1) is 13.8 Å². The summed E-state index contributed by atoms with van der Waals surface area (Å²) >= 11 is 0. The third-order valence-electron chi connectivity index (χ3n) is 5.82. The van der Waals surface area contributed by atoms with Gasteiger partial charge in [0.1, 0.15) is 0 Å². The predicted octanol–water partition coefficient (Wildman–Crippen LogP) is 4.60. The minimum atomic E-state index is -3.78. The van der Waals surface area contributed by atoms with Gasteiger partial charge in [0.05, 0.1) is 10.6 Å². The largest absolute Gasteiger partial charge is 0.241 e. The summed E-state index contributed by atoms with van der Waals surface area (Å²) < 4.78 is 31.0. The first kappa shape index (κ1) is 21.2. The second-order valence-corrected chi connectivity index (χ2v) is 9.81. The van der Waals surface area contributed by atoms with Crippen LogP contribution in [0.5, 0.6) is 0 Å². The summed E-state index contributed by atoms with van der Waals surface area (Å²) in [4.78, 5) is 0.206. The van der Waals surface area contributed by atoms with Crippen molar-refractivity contribution in [3.63, 3.8) is 0 Å². The summed E-state index contributed by atoms with van der Waals surface area (Å²) in [5.41, 5.74) is 3.65. The zero-order chi connectivity index (χ0) is 23.2. The fraction of sp³-hybridized carbons (Fsp3) is 0.160. The van der Waals surface area contributed by atoms with E-state index in [0.29, 0.717) is 22.6 Å². The molecule has 0 amide bonds. The molecule has 0 saturated carbocycles. The molecule has 166 valence electrons. The average Bonchev–Trinajstić information content (AvgIpc) is 3.24. The molecule has 7 nitrogen and oxygen atoms in total. The predicted molar refractivity (Wildman–Crippen MR) is 128 cm³/mol. The van der Waals surface area contributed by atoms with Crippen LogP contribution < -0.4 is 4.72 Å². The summed E-state index contributed by atoms with van der Waals surface area (Å²) in [7, 11) is -3.78. The molecule has 1 atom stereocenters. The Balaban J connectivity index is 1.59. The maximum Gasteiger partial charge on any atom is 0.241 e. The van der Waals surface area contributed by atoms with Crippen molar-refractivity contribution in [3.8, 4) is 11.4 Å². The maximum atomic E-state index is 13.3. The molecule has 5 rings (SSSR count). The van der Waals surface area contributed by atoms with E-state index >= 15 is 0 Å². The quantitative estimate of drug-likeness (QED) is 0.417. The van der Waals surface area contributed by atoms with Crippen LogP contribution in [0.25, 0.3) is 27.8 Å². The van der Waals surface area contributed by atoms with Gasteiger partial charge in [-0.15, -0.1) is 10.2 Å². The van der Waals surface area contributed by atoms with E-state index in [9.17, 15) is 8.42 Å². The first-order valence-electron chi connectivity index (χ1n) is 10.6. The SMILES string of the molecule is Cc1ccc(-c2nnc3c4ccccc4c(C)nn23)cc1S(=O)(=O)NC(C)c1ccccc1. The molecule has 0 aliphatic rings. The van der Waals surface area contributed by atoms with E-state index in [-0.39, 0.29) is 10.9 Å². The highest BCUT2D eigenvalue weighted by atomic mass is 32.2. The van der Waals surface area contributed by atoms with Crippen LogP contribution in [0.1, 0.15) is 29.8 Å². The molecule has 0 saturated heterocycles. The van der Waals surface area contributed by atoms with Gasteiger partial charge in [-0.1, -0.05) is 66.7 Å². The molecule has 5 aromatic rings. The molecule has 8 heteroatoms. The van der Waals surface area contributed by atoms with Gasteiger partial charge in [-0.2, -0.15) is 9.61 Å². The molecule has 0 radical (unpaired) electrons. The third-order valence-corrected chi connectivity index (χ3v) is 7.50. The van der Waals surface area contributed by atoms with Crippen LogP contribution in [0.2, 0.25) is 0 Å². The van der Waals surface area contributed by atoms with Crippen LogP contribution in [0.4, 0.5) is 0 Å². The lowest BCUT2D eigenvalue weighted by Crippen LogP contribution is -2.27. The number of rotatable bonds is 5. The molecule has 0 spiro atoms. The van der Waals surface area contributed by atoms with E-state index in [2.05, 4.69) is 20.0 Å². The van der Waals surface area contributed by atoms with Gasteiger partial charge >= 0.3 is 0 Å². The summed E-state index contributed by atoms with van der Waals surface area (Å²) in [5, 5.41) is 15.3. The second kappa shape index (κ2) is 8.06. The molecule has 33 heavy (non-hydrogen) atoms. The minimum absolute atomic E-state index is 0.206. The van der Waals surface area contributed by atoms with E-state index in [1.807, 2.05) is 74.5 Å². The summed E-state index contributed by atoms with van der Waals surface area (Å²) in [6.07, 6.45) is 0. The van der Waals surface area contributed by atoms with Crippen LogP contribution in [-0.4, -0.2) is 28.2 Å². The Morgan fingerprint density at radius 3 is 2.33 bits per heavy atom. The molecular formula is C25H23N5O2S. The van der Waals surface area contributed by atoms with E-state index in [4.69, 9.17) is 0 Å². The van der Waals surface area contributed by atoms with Gasteiger partial charge < -0.3 is 0 Å². The van der Waals surface area contributed by atoms with Crippen molar-refractivity contribution in [1.29, 1.82) is 0 Å². The molecule has 0 bridgehead atoms. The van der Waals surface area contributed by atoms with Crippen molar-refractivity contribution in [1.82, 2.24) is 24.5 Å². The maximum absolute atomic E-state index is 13.3. The molecule has 2 heterocycles. The molecule has 3 aromatic carbocycles. The topological polar surface area (TPSA) is 89.2 Å².